The van der Waals surface area contributed by atoms with Crippen LogP contribution in [0.5, 0.6) is 5.75 Å². The van der Waals surface area contributed by atoms with E-state index in [1.807, 2.05) is 0 Å². The average molecular weight is 276 g/mol. The molecule has 0 radical (unpaired) electrons. The predicted octanol–water partition coefficient (Wildman–Crippen LogP) is 3.08. The standard InChI is InChI=1S/C17H28N2O/c1-13(2)11-16-12-19(10-9-18-16)14(3)15-5-7-17(20-4)8-6-15/h5-8,13-14,16,18H,9-12H2,1-4H3. The molecule has 1 aliphatic heterocycles. The van der Waals surface area contributed by atoms with Gasteiger partial charge in [-0.05, 0) is 37.0 Å². The summed E-state index contributed by atoms with van der Waals surface area (Å²) in [7, 11) is 1.71. The zero-order valence-electron chi connectivity index (χ0n) is 13.2. The molecule has 3 nitrogen and oxygen atoms in total. The Morgan fingerprint density at radius 1 is 1.25 bits per heavy atom. The Kier molecular flexibility index (Phi) is 5.44. The second kappa shape index (κ2) is 7.09. The fourth-order valence-electron chi connectivity index (χ4n) is 3.02. The molecule has 1 heterocycles. The first-order valence-electron chi connectivity index (χ1n) is 7.71. The summed E-state index contributed by atoms with van der Waals surface area (Å²) in [6.45, 7) is 10.3. The first kappa shape index (κ1) is 15.3. The van der Waals surface area contributed by atoms with Gasteiger partial charge in [0.1, 0.15) is 5.75 Å². The van der Waals surface area contributed by atoms with Crippen molar-refractivity contribution >= 4 is 0 Å². The second-order valence-corrected chi connectivity index (χ2v) is 6.22. The molecule has 0 spiro atoms. The molecule has 1 aromatic carbocycles. The van der Waals surface area contributed by atoms with E-state index in [-0.39, 0.29) is 0 Å². The van der Waals surface area contributed by atoms with Crippen LogP contribution in [0.3, 0.4) is 0 Å². The molecular formula is C17H28N2O. The maximum absolute atomic E-state index is 5.23. The van der Waals surface area contributed by atoms with E-state index >= 15 is 0 Å². The highest BCUT2D eigenvalue weighted by atomic mass is 16.5. The van der Waals surface area contributed by atoms with Crippen molar-refractivity contribution in [2.45, 2.75) is 39.3 Å². The van der Waals surface area contributed by atoms with E-state index in [4.69, 9.17) is 4.74 Å². The van der Waals surface area contributed by atoms with Gasteiger partial charge < -0.3 is 10.1 Å². The maximum atomic E-state index is 5.23. The zero-order valence-corrected chi connectivity index (χ0v) is 13.2. The van der Waals surface area contributed by atoms with Crippen LogP contribution in [0.25, 0.3) is 0 Å². The SMILES string of the molecule is COc1ccc(C(C)N2CCNC(CC(C)C)C2)cc1. The minimum Gasteiger partial charge on any atom is -0.497 e. The summed E-state index contributed by atoms with van der Waals surface area (Å²) in [5.74, 6) is 1.68. The number of hydrogen-bond donors (Lipinski definition) is 1. The lowest BCUT2D eigenvalue weighted by Crippen LogP contribution is -2.51. The van der Waals surface area contributed by atoms with E-state index in [2.05, 4.69) is 55.3 Å². The molecule has 112 valence electrons. The Morgan fingerprint density at radius 2 is 1.95 bits per heavy atom. The molecule has 3 heteroatoms. The summed E-state index contributed by atoms with van der Waals surface area (Å²) in [6.07, 6.45) is 1.26. The molecule has 2 atom stereocenters. The van der Waals surface area contributed by atoms with Crippen molar-refractivity contribution in [2.24, 2.45) is 5.92 Å². The van der Waals surface area contributed by atoms with Crippen LogP contribution in [0, 0.1) is 5.92 Å². The molecule has 1 saturated heterocycles. The summed E-state index contributed by atoms with van der Waals surface area (Å²) < 4.78 is 5.23. The van der Waals surface area contributed by atoms with Gasteiger partial charge in [0.05, 0.1) is 7.11 Å². The van der Waals surface area contributed by atoms with Crippen LogP contribution in [-0.4, -0.2) is 37.7 Å². The van der Waals surface area contributed by atoms with Gasteiger partial charge in [0, 0.05) is 31.7 Å². The fourth-order valence-corrected chi connectivity index (χ4v) is 3.02. The first-order valence-corrected chi connectivity index (χ1v) is 7.71. The van der Waals surface area contributed by atoms with Crippen LogP contribution >= 0.6 is 0 Å². The lowest BCUT2D eigenvalue weighted by molar-refractivity contribution is 0.144. The van der Waals surface area contributed by atoms with Gasteiger partial charge >= 0.3 is 0 Å². The maximum Gasteiger partial charge on any atom is 0.118 e. The van der Waals surface area contributed by atoms with Crippen molar-refractivity contribution < 1.29 is 4.74 Å². The number of rotatable bonds is 5. The van der Waals surface area contributed by atoms with Crippen LogP contribution in [0.15, 0.2) is 24.3 Å². The molecule has 20 heavy (non-hydrogen) atoms. The molecule has 2 unspecified atom stereocenters. The fraction of sp³-hybridized carbons (Fsp3) is 0.647. The van der Waals surface area contributed by atoms with Gasteiger partial charge in [0.15, 0.2) is 0 Å². The average Bonchev–Trinajstić information content (AvgIpc) is 2.46. The van der Waals surface area contributed by atoms with Crippen molar-refractivity contribution in [3.05, 3.63) is 29.8 Å². The second-order valence-electron chi connectivity index (χ2n) is 6.22. The predicted molar refractivity (Wildman–Crippen MR) is 84.2 cm³/mol. The van der Waals surface area contributed by atoms with Crippen molar-refractivity contribution in [1.29, 1.82) is 0 Å². The van der Waals surface area contributed by atoms with Crippen LogP contribution in [-0.2, 0) is 0 Å². The molecule has 1 aliphatic rings. The Labute approximate surface area is 123 Å². The third kappa shape index (κ3) is 3.97. The summed E-state index contributed by atoms with van der Waals surface area (Å²) in [6, 6.07) is 9.58. The number of ether oxygens (including phenoxy) is 1. The van der Waals surface area contributed by atoms with Gasteiger partial charge in [0.2, 0.25) is 0 Å². The number of nitrogens with one attached hydrogen (secondary N) is 1. The number of methoxy groups -OCH3 is 1. The van der Waals surface area contributed by atoms with Gasteiger partial charge in [-0.2, -0.15) is 0 Å². The van der Waals surface area contributed by atoms with Crippen LogP contribution in [0.1, 0.15) is 38.8 Å². The van der Waals surface area contributed by atoms with E-state index < -0.39 is 0 Å². The zero-order chi connectivity index (χ0) is 14.5. The molecule has 1 N–H and O–H groups in total. The summed E-state index contributed by atoms with van der Waals surface area (Å²) in [4.78, 5) is 2.59. The Hall–Kier alpha value is -1.06. The van der Waals surface area contributed by atoms with Crippen molar-refractivity contribution in [3.8, 4) is 5.75 Å². The van der Waals surface area contributed by atoms with E-state index in [0.29, 0.717) is 12.1 Å². The van der Waals surface area contributed by atoms with Gasteiger partial charge in [0.25, 0.3) is 0 Å². The molecule has 1 aromatic rings. The molecule has 1 fully saturated rings. The quantitative estimate of drug-likeness (QED) is 0.894. The number of nitrogens with zero attached hydrogens (tertiary/aromatic N) is 1. The topological polar surface area (TPSA) is 24.5 Å². The van der Waals surface area contributed by atoms with Crippen LogP contribution < -0.4 is 10.1 Å². The number of hydrogen-bond acceptors (Lipinski definition) is 3. The van der Waals surface area contributed by atoms with Crippen molar-refractivity contribution in [2.75, 3.05) is 26.7 Å². The minimum absolute atomic E-state index is 0.470. The van der Waals surface area contributed by atoms with Gasteiger partial charge in [-0.15, -0.1) is 0 Å². The molecule has 0 bridgehead atoms. The monoisotopic (exact) mass is 276 g/mol. The summed E-state index contributed by atoms with van der Waals surface area (Å²) in [5, 5.41) is 3.64. The minimum atomic E-state index is 0.470. The number of benzene rings is 1. The summed E-state index contributed by atoms with van der Waals surface area (Å²) >= 11 is 0. The summed E-state index contributed by atoms with van der Waals surface area (Å²) in [5.41, 5.74) is 1.37. The number of piperazine rings is 1. The Bertz CT molecular complexity index is 402. The van der Waals surface area contributed by atoms with Crippen LogP contribution in [0.2, 0.25) is 0 Å². The molecule has 0 saturated carbocycles. The van der Waals surface area contributed by atoms with Gasteiger partial charge in [-0.3, -0.25) is 4.90 Å². The van der Waals surface area contributed by atoms with E-state index in [9.17, 15) is 0 Å². The highest BCUT2D eigenvalue weighted by Crippen LogP contribution is 2.24. The first-order chi connectivity index (χ1) is 9.60. The van der Waals surface area contributed by atoms with E-state index in [1.165, 1.54) is 12.0 Å². The lowest BCUT2D eigenvalue weighted by Gasteiger charge is -2.38. The van der Waals surface area contributed by atoms with Crippen molar-refractivity contribution in [3.63, 3.8) is 0 Å². The van der Waals surface area contributed by atoms with E-state index in [0.717, 1.165) is 31.3 Å². The smallest absolute Gasteiger partial charge is 0.118 e. The Balaban J connectivity index is 1.98. The molecule has 0 aromatic heterocycles. The normalized spacial score (nSPS) is 21.9. The Morgan fingerprint density at radius 3 is 2.55 bits per heavy atom. The molecule has 0 aliphatic carbocycles. The van der Waals surface area contributed by atoms with E-state index in [1.54, 1.807) is 7.11 Å². The molecular weight excluding hydrogens is 248 g/mol. The van der Waals surface area contributed by atoms with Gasteiger partial charge in [-0.1, -0.05) is 26.0 Å². The van der Waals surface area contributed by atoms with Crippen molar-refractivity contribution in [1.82, 2.24) is 10.2 Å². The third-order valence-electron chi connectivity index (χ3n) is 4.19. The largest absolute Gasteiger partial charge is 0.497 e. The highest BCUT2D eigenvalue weighted by molar-refractivity contribution is 5.29. The molecule has 2 rings (SSSR count). The van der Waals surface area contributed by atoms with Gasteiger partial charge in [-0.25, -0.2) is 0 Å². The molecule has 0 amide bonds. The third-order valence-corrected chi connectivity index (χ3v) is 4.19. The lowest BCUT2D eigenvalue weighted by atomic mass is 9.99. The highest BCUT2D eigenvalue weighted by Gasteiger charge is 2.24. The van der Waals surface area contributed by atoms with Crippen LogP contribution in [0.4, 0.5) is 0 Å².